The second-order valence-corrected chi connectivity index (χ2v) is 4.67. The maximum atomic E-state index is 11.0. The molecule has 0 fully saturated rings. The highest BCUT2D eigenvalue weighted by molar-refractivity contribution is 5.71. The lowest BCUT2D eigenvalue weighted by Gasteiger charge is -2.17. The van der Waals surface area contributed by atoms with E-state index in [1.165, 1.54) is 5.69 Å². The van der Waals surface area contributed by atoms with Crippen molar-refractivity contribution in [2.75, 3.05) is 0 Å². The minimum atomic E-state index is -0.704. The van der Waals surface area contributed by atoms with Crippen LogP contribution in [0, 0.1) is 12.8 Å². The second-order valence-electron chi connectivity index (χ2n) is 4.67. The number of hydrogen-bond acceptors (Lipinski definition) is 2. The average molecular weight is 230 g/mol. The van der Waals surface area contributed by atoms with Crippen molar-refractivity contribution in [3.8, 4) is 0 Å². The lowest BCUT2D eigenvalue weighted by Crippen LogP contribution is -2.22. The molecule has 0 amide bonds. The van der Waals surface area contributed by atoms with Gasteiger partial charge in [-0.2, -0.15) is 0 Å². The molecule has 1 N–H and O–H groups in total. The molecule has 0 spiro atoms. The highest BCUT2D eigenvalue weighted by atomic mass is 16.4. The maximum Gasteiger partial charge on any atom is 0.306 e. The van der Waals surface area contributed by atoms with Gasteiger partial charge in [-0.3, -0.25) is 4.79 Å². The van der Waals surface area contributed by atoms with Crippen molar-refractivity contribution in [2.45, 2.75) is 26.2 Å². The SMILES string of the molecule is Cc1cccn2c3c(nc12)CC(C(=O)O)CC3. The van der Waals surface area contributed by atoms with Crippen LogP contribution in [0.4, 0.5) is 0 Å². The Morgan fingerprint density at radius 3 is 3.18 bits per heavy atom. The van der Waals surface area contributed by atoms with E-state index in [1.807, 2.05) is 25.3 Å². The largest absolute Gasteiger partial charge is 0.481 e. The molecule has 2 aromatic rings. The summed E-state index contributed by atoms with van der Waals surface area (Å²) in [6, 6.07) is 4.04. The van der Waals surface area contributed by atoms with Gasteiger partial charge in [0, 0.05) is 18.3 Å². The zero-order valence-electron chi connectivity index (χ0n) is 9.68. The third-order valence-electron chi connectivity index (χ3n) is 3.55. The van der Waals surface area contributed by atoms with Gasteiger partial charge in [-0.1, -0.05) is 6.07 Å². The number of aryl methyl sites for hydroxylation is 2. The summed E-state index contributed by atoms with van der Waals surface area (Å²) in [5, 5.41) is 9.06. The van der Waals surface area contributed by atoms with Crippen LogP contribution in [-0.2, 0) is 17.6 Å². The predicted molar refractivity (Wildman–Crippen MR) is 63.1 cm³/mol. The van der Waals surface area contributed by atoms with Gasteiger partial charge < -0.3 is 9.51 Å². The molecule has 0 aromatic carbocycles. The molecule has 0 radical (unpaired) electrons. The topological polar surface area (TPSA) is 54.6 Å². The van der Waals surface area contributed by atoms with Crippen LogP contribution in [0.1, 0.15) is 23.4 Å². The van der Waals surface area contributed by atoms with Gasteiger partial charge in [0.1, 0.15) is 5.65 Å². The molecule has 2 heterocycles. The van der Waals surface area contributed by atoms with Gasteiger partial charge in [0.15, 0.2) is 0 Å². The molecule has 1 atom stereocenters. The van der Waals surface area contributed by atoms with E-state index in [4.69, 9.17) is 5.11 Å². The van der Waals surface area contributed by atoms with Gasteiger partial charge in [0.2, 0.25) is 0 Å². The van der Waals surface area contributed by atoms with Crippen molar-refractivity contribution in [3.05, 3.63) is 35.3 Å². The highest BCUT2D eigenvalue weighted by Gasteiger charge is 2.27. The van der Waals surface area contributed by atoms with Crippen LogP contribution in [0.25, 0.3) is 5.65 Å². The van der Waals surface area contributed by atoms with Gasteiger partial charge in [-0.05, 0) is 31.4 Å². The average Bonchev–Trinajstić information content (AvgIpc) is 2.68. The van der Waals surface area contributed by atoms with E-state index in [9.17, 15) is 4.79 Å². The Morgan fingerprint density at radius 1 is 1.59 bits per heavy atom. The molecule has 0 bridgehead atoms. The smallest absolute Gasteiger partial charge is 0.306 e. The molecule has 88 valence electrons. The summed E-state index contributed by atoms with van der Waals surface area (Å²) in [5.74, 6) is -0.975. The Bertz CT molecular complexity index is 601. The summed E-state index contributed by atoms with van der Waals surface area (Å²) in [6.45, 7) is 2.03. The first-order valence-corrected chi connectivity index (χ1v) is 5.85. The molecule has 1 aliphatic rings. The first-order valence-electron chi connectivity index (χ1n) is 5.85. The van der Waals surface area contributed by atoms with Crippen LogP contribution < -0.4 is 0 Å². The Labute approximate surface area is 98.9 Å². The van der Waals surface area contributed by atoms with Crippen LogP contribution in [0.3, 0.4) is 0 Å². The van der Waals surface area contributed by atoms with E-state index in [0.717, 1.165) is 23.3 Å². The first-order chi connectivity index (χ1) is 8.16. The maximum absolute atomic E-state index is 11.0. The molecular weight excluding hydrogens is 216 g/mol. The van der Waals surface area contributed by atoms with Crippen molar-refractivity contribution >= 4 is 11.6 Å². The molecule has 1 aliphatic carbocycles. The zero-order valence-corrected chi connectivity index (χ0v) is 9.68. The molecule has 1 unspecified atom stereocenters. The van der Waals surface area contributed by atoms with Crippen LogP contribution in [0.5, 0.6) is 0 Å². The zero-order chi connectivity index (χ0) is 12.0. The van der Waals surface area contributed by atoms with Crippen molar-refractivity contribution in [1.82, 2.24) is 9.38 Å². The number of hydrogen-bond donors (Lipinski definition) is 1. The third kappa shape index (κ3) is 1.52. The normalized spacial score (nSPS) is 19.2. The van der Waals surface area contributed by atoms with Crippen LogP contribution >= 0.6 is 0 Å². The number of nitrogens with zero attached hydrogens (tertiary/aromatic N) is 2. The van der Waals surface area contributed by atoms with Crippen molar-refractivity contribution in [1.29, 1.82) is 0 Å². The predicted octanol–water partition coefficient (Wildman–Crippen LogP) is 1.83. The van der Waals surface area contributed by atoms with Crippen LogP contribution in [0.15, 0.2) is 18.3 Å². The molecule has 17 heavy (non-hydrogen) atoms. The van der Waals surface area contributed by atoms with E-state index in [0.29, 0.717) is 12.8 Å². The van der Waals surface area contributed by atoms with Gasteiger partial charge in [-0.25, -0.2) is 4.98 Å². The molecular formula is C13H14N2O2. The number of pyridine rings is 1. The Kier molecular flexibility index (Phi) is 2.18. The van der Waals surface area contributed by atoms with E-state index in [-0.39, 0.29) is 5.92 Å². The molecule has 3 rings (SSSR count). The molecule has 2 aromatic heterocycles. The van der Waals surface area contributed by atoms with Crippen LogP contribution in [0.2, 0.25) is 0 Å². The fraction of sp³-hybridized carbons (Fsp3) is 0.385. The Hall–Kier alpha value is -1.84. The Balaban J connectivity index is 2.13. The van der Waals surface area contributed by atoms with Crippen molar-refractivity contribution in [3.63, 3.8) is 0 Å². The number of carboxylic acids is 1. The van der Waals surface area contributed by atoms with E-state index < -0.39 is 5.97 Å². The summed E-state index contributed by atoms with van der Waals surface area (Å²) in [4.78, 5) is 15.6. The monoisotopic (exact) mass is 230 g/mol. The molecule has 4 nitrogen and oxygen atoms in total. The van der Waals surface area contributed by atoms with Gasteiger partial charge in [0.25, 0.3) is 0 Å². The van der Waals surface area contributed by atoms with E-state index in [2.05, 4.69) is 9.38 Å². The molecule has 0 saturated carbocycles. The second kappa shape index (κ2) is 3.58. The van der Waals surface area contributed by atoms with Crippen molar-refractivity contribution < 1.29 is 9.90 Å². The quantitative estimate of drug-likeness (QED) is 0.813. The number of carbonyl (C=O) groups is 1. The number of imidazole rings is 1. The summed E-state index contributed by atoms with van der Waals surface area (Å²) < 4.78 is 2.10. The summed E-state index contributed by atoms with van der Waals surface area (Å²) in [7, 11) is 0. The fourth-order valence-electron chi connectivity index (χ4n) is 2.59. The van der Waals surface area contributed by atoms with E-state index >= 15 is 0 Å². The first kappa shape index (κ1) is 10.3. The Morgan fingerprint density at radius 2 is 2.41 bits per heavy atom. The molecule has 4 heteroatoms. The van der Waals surface area contributed by atoms with E-state index in [1.54, 1.807) is 0 Å². The lowest BCUT2D eigenvalue weighted by atomic mass is 9.90. The lowest BCUT2D eigenvalue weighted by molar-refractivity contribution is -0.142. The highest BCUT2D eigenvalue weighted by Crippen LogP contribution is 2.27. The third-order valence-corrected chi connectivity index (χ3v) is 3.55. The number of carboxylic acid groups (broad SMARTS) is 1. The summed E-state index contributed by atoms with van der Waals surface area (Å²) in [5.41, 5.74) is 4.23. The number of rotatable bonds is 1. The van der Waals surface area contributed by atoms with Crippen LogP contribution in [-0.4, -0.2) is 20.5 Å². The molecule has 0 aliphatic heterocycles. The number of aliphatic carboxylic acids is 1. The standard InChI is InChI=1S/C13H14N2O2/c1-8-3-2-6-15-11-5-4-9(13(16)17)7-10(11)14-12(8)15/h2-3,6,9H,4-5,7H2,1H3,(H,16,17). The fourth-order valence-corrected chi connectivity index (χ4v) is 2.59. The molecule has 0 saturated heterocycles. The number of aromatic nitrogens is 2. The number of fused-ring (bicyclic) bond motifs is 3. The minimum Gasteiger partial charge on any atom is -0.481 e. The van der Waals surface area contributed by atoms with Gasteiger partial charge in [0.05, 0.1) is 11.6 Å². The summed E-state index contributed by atoms with van der Waals surface area (Å²) >= 11 is 0. The van der Waals surface area contributed by atoms with Gasteiger partial charge in [-0.15, -0.1) is 0 Å². The van der Waals surface area contributed by atoms with Crippen molar-refractivity contribution in [2.24, 2.45) is 5.92 Å². The minimum absolute atomic E-state index is 0.271. The summed E-state index contributed by atoms with van der Waals surface area (Å²) in [6.07, 6.45) is 4.09. The van der Waals surface area contributed by atoms with Gasteiger partial charge >= 0.3 is 5.97 Å².